The normalized spacial score (nSPS) is 23.1. The summed E-state index contributed by atoms with van der Waals surface area (Å²) in [6, 6.07) is 6.56. The fourth-order valence-electron chi connectivity index (χ4n) is 2.78. The topological polar surface area (TPSA) is 29.1 Å². The van der Waals surface area contributed by atoms with E-state index in [2.05, 4.69) is 53.3 Å². The summed E-state index contributed by atoms with van der Waals surface area (Å²) in [7, 11) is 0. The minimum atomic E-state index is 0.143. The van der Waals surface area contributed by atoms with Gasteiger partial charge in [0.25, 0.3) is 0 Å². The third-order valence-electron chi connectivity index (χ3n) is 4.21. The first-order chi connectivity index (χ1) is 9.56. The van der Waals surface area contributed by atoms with Crippen molar-refractivity contribution in [3.63, 3.8) is 0 Å². The summed E-state index contributed by atoms with van der Waals surface area (Å²) in [5, 5.41) is 3.21. The number of hydrogen-bond donors (Lipinski definition) is 1. The molecule has 0 aliphatic heterocycles. The summed E-state index contributed by atoms with van der Waals surface area (Å²) in [4.78, 5) is 12.6. The van der Waals surface area contributed by atoms with Crippen molar-refractivity contribution in [2.24, 2.45) is 0 Å². The Bertz CT molecular complexity index is 472. The molecule has 0 spiro atoms. The molecule has 1 aromatic rings. The highest BCUT2D eigenvalue weighted by molar-refractivity contribution is 9.09. The molecule has 0 bridgehead atoms. The Morgan fingerprint density at radius 1 is 1.20 bits per heavy atom. The van der Waals surface area contributed by atoms with Crippen molar-refractivity contribution in [2.75, 3.05) is 0 Å². The average molecular weight is 338 g/mol. The van der Waals surface area contributed by atoms with Crippen LogP contribution in [0.5, 0.6) is 0 Å². The highest BCUT2D eigenvalue weighted by Crippen LogP contribution is 2.23. The molecule has 1 aliphatic rings. The number of carbonyl (C=O) groups excluding carboxylic acids is 1. The van der Waals surface area contributed by atoms with Gasteiger partial charge in [0, 0.05) is 10.9 Å². The maximum atomic E-state index is 12.2. The number of nitrogens with one attached hydrogen (secondary N) is 1. The van der Waals surface area contributed by atoms with Crippen LogP contribution in [-0.2, 0) is 11.2 Å². The maximum Gasteiger partial charge on any atom is 0.224 e. The molecule has 1 N–H and O–H groups in total. The maximum absolute atomic E-state index is 12.2. The van der Waals surface area contributed by atoms with Gasteiger partial charge in [-0.25, -0.2) is 0 Å². The van der Waals surface area contributed by atoms with Gasteiger partial charge in [-0.05, 0) is 43.4 Å². The van der Waals surface area contributed by atoms with E-state index in [0.29, 0.717) is 11.2 Å². The predicted octanol–water partition coefficient (Wildman–Crippen LogP) is 4.06. The number of halogens is 1. The number of carbonyl (C=O) groups is 1. The number of aryl methyl sites for hydroxylation is 2. The molecule has 0 radical (unpaired) electrons. The molecule has 20 heavy (non-hydrogen) atoms. The zero-order valence-electron chi connectivity index (χ0n) is 12.4. The molecule has 3 heteroatoms. The highest BCUT2D eigenvalue weighted by atomic mass is 79.9. The van der Waals surface area contributed by atoms with Crippen molar-refractivity contribution in [2.45, 2.75) is 63.2 Å². The summed E-state index contributed by atoms with van der Waals surface area (Å²) in [5.74, 6) is 0.143. The predicted molar refractivity (Wildman–Crippen MR) is 87.4 cm³/mol. The molecule has 1 aliphatic carbocycles. The van der Waals surface area contributed by atoms with Crippen LogP contribution in [0.3, 0.4) is 0 Å². The van der Waals surface area contributed by atoms with Gasteiger partial charge in [0.1, 0.15) is 0 Å². The molecule has 1 aromatic carbocycles. The second-order valence-corrected chi connectivity index (χ2v) is 7.10. The van der Waals surface area contributed by atoms with Crippen LogP contribution in [0.25, 0.3) is 0 Å². The van der Waals surface area contributed by atoms with E-state index in [1.54, 1.807) is 0 Å². The lowest BCUT2D eigenvalue weighted by atomic mass is 10.0. The lowest BCUT2D eigenvalue weighted by Gasteiger charge is -2.21. The zero-order valence-corrected chi connectivity index (χ0v) is 14.0. The first kappa shape index (κ1) is 15.6. The van der Waals surface area contributed by atoms with Crippen LogP contribution in [0, 0.1) is 13.8 Å². The quantitative estimate of drug-likeness (QED) is 0.654. The Kier molecular flexibility index (Phi) is 5.64. The molecule has 1 saturated carbocycles. The van der Waals surface area contributed by atoms with E-state index < -0.39 is 0 Å². The molecular formula is C17H24BrNO. The largest absolute Gasteiger partial charge is 0.352 e. The Balaban J connectivity index is 1.92. The lowest BCUT2D eigenvalue weighted by molar-refractivity contribution is -0.121. The summed E-state index contributed by atoms with van der Waals surface area (Å²) >= 11 is 3.73. The van der Waals surface area contributed by atoms with E-state index in [1.165, 1.54) is 30.4 Å². The smallest absolute Gasteiger partial charge is 0.224 e. The second-order valence-electron chi connectivity index (χ2n) is 5.92. The molecule has 1 fully saturated rings. The van der Waals surface area contributed by atoms with Gasteiger partial charge in [-0.3, -0.25) is 4.79 Å². The Labute approximate surface area is 130 Å². The van der Waals surface area contributed by atoms with E-state index in [0.717, 1.165) is 18.4 Å². The van der Waals surface area contributed by atoms with Crippen LogP contribution in [-0.4, -0.2) is 16.8 Å². The first-order valence-corrected chi connectivity index (χ1v) is 8.47. The minimum absolute atomic E-state index is 0.143. The molecule has 1 amide bonds. The monoisotopic (exact) mass is 337 g/mol. The number of amides is 1. The standard InChI is InChI=1S/C17H24BrNO/c1-12-8-9-14(10-13(12)2)11-17(20)19-16-7-5-3-4-6-15(16)18/h8-10,15-16H,3-7,11H2,1-2H3,(H,19,20). The van der Waals surface area contributed by atoms with E-state index >= 15 is 0 Å². The number of alkyl halides is 1. The van der Waals surface area contributed by atoms with Crippen molar-refractivity contribution in [1.29, 1.82) is 0 Å². The molecule has 2 nitrogen and oxygen atoms in total. The molecule has 110 valence electrons. The Morgan fingerprint density at radius 3 is 2.70 bits per heavy atom. The first-order valence-electron chi connectivity index (χ1n) is 7.56. The fourth-order valence-corrected chi connectivity index (χ4v) is 3.50. The molecular weight excluding hydrogens is 314 g/mol. The molecule has 2 rings (SSSR count). The SMILES string of the molecule is Cc1ccc(CC(=O)NC2CCCCCC2Br)cc1C. The van der Waals surface area contributed by atoms with Crippen molar-refractivity contribution in [1.82, 2.24) is 5.32 Å². The van der Waals surface area contributed by atoms with Crippen LogP contribution in [0.15, 0.2) is 18.2 Å². The van der Waals surface area contributed by atoms with E-state index in [4.69, 9.17) is 0 Å². The van der Waals surface area contributed by atoms with Gasteiger partial charge in [-0.15, -0.1) is 0 Å². The van der Waals surface area contributed by atoms with Crippen molar-refractivity contribution in [3.8, 4) is 0 Å². The van der Waals surface area contributed by atoms with Gasteiger partial charge in [0.15, 0.2) is 0 Å². The lowest BCUT2D eigenvalue weighted by Crippen LogP contribution is -2.41. The van der Waals surface area contributed by atoms with Crippen LogP contribution >= 0.6 is 15.9 Å². The van der Waals surface area contributed by atoms with Crippen molar-refractivity contribution >= 4 is 21.8 Å². The highest BCUT2D eigenvalue weighted by Gasteiger charge is 2.22. The van der Waals surface area contributed by atoms with Gasteiger partial charge < -0.3 is 5.32 Å². The van der Waals surface area contributed by atoms with Crippen molar-refractivity contribution in [3.05, 3.63) is 34.9 Å². The van der Waals surface area contributed by atoms with E-state index in [1.807, 2.05) is 0 Å². The number of rotatable bonds is 3. The van der Waals surface area contributed by atoms with Gasteiger partial charge >= 0.3 is 0 Å². The average Bonchev–Trinajstić information content (AvgIpc) is 2.59. The molecule has 0 heterocycles. The summed E-state index contributed by atoms with van der Waals surface area (Å²) in [6.45, 7) is 4.19. The molecule has 2 unspecified atom stereocenters. The third-order valence-corrected chi connectivity index (χ3v) is 5.31. The summed E-state index contributed by atoms with van der Waals surface area (Å²) < 4.78 is 0. The van der Waals surface area contributed by atoms with Gasteiger partial charge in [0.05, 0.1) is 6.42 Å². The summed E-state index contributed by atoms with van der Waals surface area (Å²) in [6.07, 6.45) is 6.50. The molecule has 0 aromatic heterocycles. The fraction of sp³-hybridized carbons (Fsp3) is 0.588. The van der Waals surface area contributed by atoms with Crippen LogP contribution in [0.1, 0.15) is 48.8 Å². The van der Waals surface area contributed by atoms with E-state index in [-0.39, 0.29) is 11.9 Å². The molecule has 0 saturated heterocycles. The second kappa shape index (κ2) is 7.26. The third kappa shape index (κ3) is 4.34. The van der Waals surface area contributed by atoms with Gasteiger partial charge in [0.2, 0.25) is 5.91 Å². The van der Waals surface area contributed by atoms with Crippen LogP contribution in [0.2, 0.25) is 0 Å². The minimum Gasteiger partial charge on any atom is -0.352 e. The number of benzene rings is 1. The zero-order chi connectivity index (χ0) is 14.5. The number of hydrogen-bond acceptors (Lipinski definition) is 1. The van der Waals surface area contributed by atoms with Crippen LogP contribution in [0.4, 0.5) is 0 Å². The Morgan fingerprint density at radius 2 is 1.95 bits per heavy atom. The van der Waals surface area contributed by atoms with Gasteiger partial charge in [-0.2, -0.15) is 0 Å². The Hall–Kier alpha value is -0.830. The summed E-state index contributed by atoms with van der Waals surface area (Å²) in [5.41, 5.74) is 3.63. The van der Waals surface area contributed by atoms with Gasteiger partial charge in [-0.1, -0.05) is 53.4 Å². The van der Waals surface area contributed by atoms with E-state index in [9.17, 15) is 4.79 Å². The molecule has 2 atom stereocenters. The van der Waals surface area contributed by atoms with Crippen LogP contribution < -0.4 is 5.32 Å². The van der Waals surface area contributed by atoms with Crippen molar-refractivity contribution < 1.29 is 4.79 Å².